The van der Waals surface area contributed by atoms with Crippen LogP contribution in [0.5, 0.6) is 5.75 Å². The third-order valence-corrected chi connectivity index (χ3v) is 16.5. The topological polar surface area (TPSA) is 196 Å². The Hall–Kier alpha value is -8.24. The van der Waals surface area contributed by atoms with E-state index in [0.29, 0.717) is 42.2 Å². The SMILES string of the molecule is C.Cc1ccc(OC(=O)N2C(=O)OC[C@@H]2c2ccc(F)c(F)c2)cc1.N#Cc1ccccc1N1CCC(NCC2CCN(C(=O)N3C(=O)OC[C@@H]3c3ccc(F)c(F)c3)CC2)CC1.N#Cc1ccccc1N1CCC(NCC2CCNCC2)CC1. The lowest BCUT2D eigenvalue weighted by molar-refractivity contribution is 0.126. The molecule has 0 aliphatic carbocycles. The van der Waals surface area contributed by atoms with Gasteiger partial charge in [0, 0.05) is 51.4 Å². The molecule has 3 N–H and O–H groups in total. The first-order valence-corrected chi connectivity index (χ1v) is 28.8. The van der Waals surface area contributed by atoms with E-state index in [1.165, 1.54) is 57.5 Å². The summed E-state index contributed by atoms with van der Waals surface area (Å²) in [5.74, 6) is -2.57. The molecule has 0 bridgehead atoms. The van der Waals surface area contributed by atoms with E-state index in [9.17, 15) is 47.3 Å². The van der Waals surface area contributed by atoms with Crippen molar-refractivity contribution in [1.82, 2.24) is 30.7 Å². The highest BCUT2D eigenvalue weighted by atomic mass is 19.2. The Kier molecular flexibility index (Phi) is 22.2. The number of nitrogens with one attached hydrogen (secondary N) is 3. The van der Waals surface area contributed by atoms with Crippen LogP contribution in [-0.4, -0.2) is 130 Å². The van der Waals surface area contributed by atoms with Crippen LogP contribution in [0.15, 0.2) is 109 Å². The number of hydrogen-bond acceptors (Lipinski definition) is 14. The molecule has 6 fully saturated rings. The Bertz CT molecular complexity index is 3170. The van der Waals surface area contributed by atoms with Crippen molar-refractivity contribution in [2.45, 2.75) is 89.9 Å². The highest BCUT2D eigenvalue weighted by Crippen LogP contribution is 2.33. The number of ether oxygens (including phenoxy) is 3. The summed E-state index contributed by atoms with van der Waals surface area (Å²) in [7, 11) is 0. The molecule has 85 heavy (non-hydrogen) atoms. The molecule has 21 heteroatoms. The maximum atomic E-state index is 13.8. The molecule has 0 radical (unpaired) electrons. The van der Waals surface area contributed by atoms with Gasteiger partial charge in [0.2, 0.25) is 0 Å². The normalized spacial score (nSPS) is 19.5. The van der Waals surface area contributed by atoms with Gasteiger partial charge in [0.05, 0.1) is 22.5 Å². The number of nitriles is 2. The number of benzene rings is 5. The first-order valence-electron chi connectivity index (χ1n) is 28.8. The second-order valence-corrected chi connectivity index (χ2v) is 22.0. The molecule has 6 heterocycles. The fourth-order valence-electron chi connectivity index (χ4n) is 11.5. The number of rotatable bonds is 11. The standard InChI is InChI=1S/C28H31F2N5O3.C18H26N4.C17H13F2NO4.CH4/c29-23-6-5-20(15-24(23)30)26-18-38-28(37)35(26)27(36)34-11-7-19(8-12-34)17-32-22-9-13-33(14-10-22)25-4-2-1-3-21(25)16-31;19-13-16-3-1-2-4-18(16)22-11-7-17(8-12-22)21-14-15-5-9-20-10-6-15;1-10-2-5-12(6-3-10)24-17(22)20-15(9-23-16(20)21)11-4-7-13(18)14(19)8-11;/h1-6,15,19,22,26,32H,7-14,17-18H2;1-4,15,17,20-21H,5-12,14H2;2-8,15H,9H2,1H3;1H4/t26-;;15-;/m1.1./s1. The number of imide groups is 2. The fourth-order valence-corrected chi connectivity index (χ4v) is 11.5. The molecule has 6 saturated heterocycles. The zero-order valence-electron chi connectivity index (χ0n) is 47.0. The van der Waals surface area contributed by atoms with Crippen molar-refractivity contribution >= 4 is 35.7 Å². The predicted octanol–water partition coefficient (Wildman–Crippen LogP) is 11.1. The van der Waals surface area contributed by atoms with Gasteiger partial charge in [-0.05, 0) is 168 Å². The van der Waals surface area contributed by atoms with Crippen LogP contribution in [-0.2, 0) is 9.47 Å². The predicted molar refractivity (Wildman–Crippen MR) is 313 cm³/mol. The number of anilines is 2. The smallest absolute Gasteiger partial charge is 0.425 e. The van der Waals surface area contributed by atoms with Gasteiger partial charge in [-0.2, -0.15) is 10.5 Å². The van der Waals surface area contributed by atoms with Gasteiger partial charge < -0.3 is 44.9 Å². The van der Waals surface area contributed by atoms with Gasteiger partial charge >= 0.3 is 24.3 Å². The second-order valence-electron chi connectivity index (χ2n) is 22.0. The Labute approximate surface area is 494 Å². The van der Waals surface area contributed by atoms with Gasteiger partial charge in [-0.1, -0.05) is 61.5 Å². The van der Waals surface area contributed by atoms with Gasteiger partial charge in [-0.25, -0.2) is 46.5 Å². The molecular formula is C64H74F4N10O7. The largest absolute Gasteiger partial charge is 0.446 e. The van der Waals surface area contributed by atoms with E-state index in [1.807, 2.05) is 49.4 Å². The average Bonchev–Trinajstić information content (AvgIpc) is 3.96. The number of nitrogens with zero attached hydrogens (tertiary/aromatic N) is 7. The number of hydrogen-bond donors (Lipinski definition) is 3. The van der Waals surface area contributed by atoms with Crippen LogP contribution in [0.25, 0.3) is 0 Å². The van der Waals surface area contributed by atoms with Crippen molar-refractivity contribution in [3.8, 4) is 17.9 Å². The van der Waals surface area contributed by atoms with Gasteiger partial charge in [-0.3, -0.25) is 0 Å². The highest BCUT2D eigenvalue weighted by Gasteiger charge is 2.43. The van der Waals surface area contributed by atoms with Crippen LogP contribution in [0, 0.1) is 64.7 Å². The number of cyclic esters (lactones) is 2. The summed E-state index contributed by atoms with van der Waals surface area (Å²) < 4.78 is 68.7. The Morgan fingerprint density at radius 3 is 1.51 bits per heavy atom. The summed E-state index contributed by atoms with van der Waals surface area (Å²) in [6.45, 7) is 10.9. The van der Waals surface area contributed by atoms with Crippen LogP contribution in [0.4, 0.5) is 48.1 Å². The van der Waals surface area contributed by atoms with Crippen molar-refractivity contribution in [1.29, 1.82) is 10.5 Å². The van der Waals surface area contributed by atoms with Crippen molar-refractivity contribution in [3.63, 3.8) is 0 Å². The molecule has 0 unspecified atom stereocenters. The molecule has 5 aromatic rings. The molecule has 6 aliphatic heterocycles. The van der Waals surface area contributed by atoms with E-state index >= 15 is 0 Å². The minimum Gasteiger partial charge on any atom is -0.446 e. The third kappa shape index (κ3) is 16.1. The number of carbonyl (C=O) groups excluding carboxylic acids is 4. The molecule has 2 atom stereocenters. The molecule has 0 aromatic heterocycles. The number of piperidine rings is 4. The van der Waals surface area contributed by atoms with Crippen LogP contribution in [0.2, 0.25) is 0 Å². The first-order chi connectivity index (χ1) is 40.8. The fraction of sp³-hybridized carbons (Fsp3) is 0.438. The van der Waals surface area contributed by atoms with Crippen LogP contribution in [0.3, 0.4) is 0 Å². The van der Waals surface area contributed by atoms with Crippen LogP contribution < -0.4 is 30.5 Å². The number of urea groups is 1. The average molecular weight is 1170 g/mol. The van der Waals surface area contributed by atoms with E-state index in [2.05, 4.69) is 44.0 Å². The number of amides is 5. The lowest BCUT2D eigenvalue weighted by Gasteiger charge is -2.37. The van der Waals surface area contributed by atoms with E-state index in [0.717, 1.165) is 121 Å². The van der Waals surface area contributed by atoms with E-state index in [-0.39, 0.29) is 32.0 Å². The molecule has 450 valence electrons. The van der Waals surface area contributed by atoms with Crippen molar-refractivity contribution in [3.05, 3.63) is 160 Å². The first kappa shape index (κ1) is 62.8. The maximum absolute atomic E-state index is 13.8. The summed E-state index contributed by atoms with van der Waals surface area (Å²) in [6, 6.07) is 32.3. The number of carbonyl (C=O) groups is 4. The monoisotopic (exact) mass is 1170 g/mol. The lowest BCUT2D eigenvalue weighted by Crippen LogP contribution is -2.49. The van der Waals surface area contributed by atoms with Gasteiger partial charge in [0.15, 0.2) is 23.3 Å². The van der Waals surface area contributed by atoms with E-state index < -0.39 is 59.7 Å². The summed E-state index contributed by atoms with van der Waals surface area (Å²) in [5, 5.41) is 29.5. The zero-order chi connectivity index (χ0) is 59.1. The quantitative estimate of drug-likeness (QED) is 0.106. The summed E-state index contributed by atoms with van der Waals surface area (Å²) in [6.07, 6.45) is 5.96. The van der Waals surface area contributed by atoms with Gasteiger partial charge in [-0.15, -0.1) is 0 Å². The summed E-state index contributed by atoms with van der Waals surface area (Å²) in [5.41, 5.74) is 5.14. The highest BCUT2D eigenvalue weighted by molar-refractivity contribution is 5.93. The Morgan fingerprint density at radius 1 is 0.588 bits per heavy atom. The summed E-state index contributed by atoms with van der Waals surface area (Å²) in [4.78, 5) is 57.7. The minimum absolute atomic E-state index is 0. The second kappa shape index (κ2) is 30.0. The Balaban J connectivity index is 0.000000174. The van der Waals surface area contributed by atoms with Crippen LogP contribution in [0.1, 0.15) is 98.7 Å². The molecule has 0 spiro atoms. The number of aryl methyl sites for hydroxylation is 1. The zero-order valence-corrected chi connectivity index (χ0v) is 47.0. The number of halogens is 4. The molecule has 5 amide bonds. The van der Waals surface area contributed by atoms with Gasteiger partial charge in [0.25, 0.3) is 0 Å². The maximum Gasteiger partial charge on any atom is 0.425 e. The molecule has 17 nitrogen and oxygen atoms in total. The third-order valence-electron chi connectivity index (χ3n) is 16.5. The van der Waals surface area contributed by atoms with E-state index in [4.69, 9.17) is 14.2 Å². The Morgan fingerprint density at radius 2 is 1.04 bits per heavy atom. The molecule has 11 rings (SSSR count). The van der Waals surface area contributed by atoms with Crippen molar-refractivity contribution in [2.75, 3.05) is 88.5 Å². The van der Waals surface area contributed by atoms with Crippen molar-refractivity contribution in [2.24, 2.45) is 11.8 Å². The summed E-state index contributed by atoms with van der Waals surface area (Å²) >= 11 is 0. The van der Waals surface area contributed by atoms with Crippen molar-refractivity contribution < 1.29 is 51.0 Å². The molecular weight excluding hydrogens is 1100 g/mol. The molecule has 6 aliphatic rings. The van der Waals surface area contributed by atoms with E-state index in [1.54, 1.807) is 29.2 Å². The molecule has 0 saturated carbocycles. The lowest BCUT2D eigenvalue weighted by atomic mass is 9.95. The van der Waals surface area contributed by atoms with Gasteiger partial charge in [0.1, 0.15) is 43.2 Å². The van der Waals surface area contributed by atoms with Crippen LogP contribution >= 0.6 is 0 Å². The molecule has 5 aromatic carbocycles. The number of likely N-dealkylation sites (tertiary alicyclic amines) is 1. The minimum atomic E-state index is -1.07. The number of para-hydroxylation sites is 2.